The molecule has 0 aliphatic heterocycles. The van der Waals surface area contributed by atoms with Crippen molar-refractivity contribution in [2.24, 2.45) is 0 Å². The van der Waals surface area contributed by atoms with Crippen LogP contribution < -0.4 is 5.32 Å². The number of carbonyl (C=O) groups is 2. The van der Waals surface area contributed by atoms with Gasteiger partial charge in [0.2, 0.25) is 5.78 Å². The van der Waals surface area contributed by atoms with E-state index in [0.29, 0.717) is 16.8 Å². The number of nitrogens with zero attached hydrogens (tertiary/aromatic N) is 1. The highest BCUT2D eigenvalue weighted by Gasteiger charge is 2.19. The zero-order valence-electron chi connectivity index (χ0n) is 11.9. The van der Waals surface area contributed by atoms with Crippen LogP contribution in [0.25, 0.3) is 0 Å². The average molecular weight is 370 g/mol. The predicted molar refractivity (Wildman–Crippen MR) is 90.6 cm³/mol. The fraction of sp³-hybridized carbons (Fsp3) is 0. The zero-order valence-corrected chi connectivity index (χ0v) is 13.5. The molecule has 0 fully saturated rings. The van der Waals surface area contributed by atoms with E-state index < -0.39 is 0 Å². The molecule has 3 rings (SSSR count). The summed E-state index contributed by atoms with van der Waals surface area (Å²) in [5.41, 5.74) is 1.26. The fourth-order valence-electron chi connectivity index (χ4n) is 2.13. The first kappa shape index (κ1) is 15.2. The molecule has 23 heavy (non-hydrogen) atoms. The molecule has 0 aliphatic rings. The highest BCUT2D eigenvalue weighted by molar-refractivity contribution is 9.10. The number of nitrogens with one attached hydrogen (secondary N) is 2. The summed E-state index contributed by atoms with van der Waals surface area (Å²) in [6.07, 6.45) is 3.06. The molecular formula is C17H12BrN3O2. The van der Waals surface area contributed by atoms with E-state index in [2.05, 4.69) is 31.2 Å². The number of anilines is 1. The van der Waals surface area contributed by atoms with Crippen LogP contribution in [0.1, 0.15) is 26.5 Å². The second-order valence-electron chi connectivity index (χ2n) is 4.77. The molecule has 1 aromatic heterocycles. The number of ketones is 1. The van der Waals surface area contributed by atoms with Gasteiger partial charge in [0, 0.05) is 28.1 Å². The number of aromatic amines is 1. The second-order valence-corrected chi connectivity index (χ2v) is 5.69. The lowest BCUT2D eigenvalue weighted by atomic mass is 10.0. The Kier molecular flexibility index (Phi) is 4.34. The Labute approximate surface area is 140 Å². The maximum absolute atomic E-state index is 12.5. The molecule has 114 valence electrons. The van der Waals surface area contributed by atoms with Gasteiger partial charge in [0.1, 0.15) is 0 Å². The molecule has 6 heteroatoms. The second kappa shape index (κ2) is 6.58. The predicted octanol–water partition coefficient (Wildman–Crippen LogP) is 3.66. The molecule has 0 spiro atoms. The van der Waals surface area contributed by atoms with Gasteiger partial charge in [0.05, 0.1) is 5.56 Å². The number of hydrogen-bond acceptors (Lipinski definition) is 3. The lowest BCUT2D eigenvalue weighted by molar-refractivity contribution is 0.0992. The van der Waals surface area contributed by atoms with E-state index in [1.807, 2.05) is 12.1 Å². The van der Waals surface area contributed by atoms with Crippen LogP contribution in [0, 0.1) is 0 Å². The van der Waals surface area contributed by atoms with Crippen molar-refractivity contribution in [3.05, 3.63) is 82.3 Å². The topological polar surface area (TPSA) is 74.8 Å². The molecule has 1 amide bonds. The van der Waals surface area contributed by atoms with E-state index in [9.17, 15) is 9.59 Å². The number of aromatic nitrogens is 2. The zero-order chi connectivity index (χ0) is 16.2. The van der Waals surface area contributed by atoms with E-state index in [4.69, 9.17) is 0 Å². The van der Waals surface area contributed by atoms with Gasteiger partial charge in [-0.15, -0.1) is 0 Å². The Morgan fingerprint density at radius 2 is 1.70 bits per heavy atom. The van der Waals surface area contributed by atoms with Crippen LogP contribution >= 0.6 is 15.9 Å². The van der Waals surface area contributed by atoms with Crippen molar-refractivity contribution in [3.8, 4) is 0 Å². The molecule has 0 bridgehead atoms. The van der Waals surface area contributed by atoms with Crippen LogP contribution in [-0.4, -0.2) is 21.7 Å². The van der Waals surface area contributed by atoms with Crippen molar-refractivity contribution in [1.29, 1.82) is 0 Å². The van der Waals surface area contributed by atoms with Crippen molar-refractivity contribution in [2.75, 3.05) is 5.32 Å². The Morgan fingerprint density at radius 1 is 1.00 bits per heavy atom. The monoisotopic (exact) mass is 369 g/mol. The van der Waals surface area contributed by atoms with Gasteiger partial charge in [-0.1, -0.05) is 34.1 Å². The smallest absolute Gasteiger partial charge is 0.256 e. The number of amides is 1. The van der Waals surface area contributed by atoms with Crippen LogP contribution in [0.2, 0.25) is 0 Å². The minimum absolute atomic E-state index is 0.203. The lowest BCUT2D eigenvalue weighted by Gasteiger charge is -2.09. The SMILES string of the molecule is O=C(Nc1ccc(Br)cc1)c1ccccc1C(=O)c1ncc[nH]1. The van der Waals surface area contributed by atoms with Crippen molar-refractivity contribution in [1.82, 2.24) is 9.97 Å². The Balaban J connectivity index is 1.89. The summed E-state index contributed by atoms with van der Waals surface area (Å²) < 4.78 is 0.920. The van der Waals surface area contributed by atoms with Crippen LogP contribution in [0.3, 0.4) is 0 Å². The number of rotatable bonds is 4. The molecule has 0 saturated carbocycles. The molecule has 0 unspecified atom stereocenters. The molecule has 2 N–H and O–H groups in total. The number of imidazole rings is 1. The summed E-state index contributed by atoms with van der Waals surface area (Å²) >= 11 is 3.34. The summed E-state index contributed by atoms with van der Waals surface area (Å²) in [5, 5.41) is 2.78. The van der Waals surface area contributed by atoms with E-state index in [1.165, 1.54) is 6.20 Å². The first-order chi connectivity index (χ1) is 11.1. The molecular weight excluding hydrogens is 358 g/mol. The maximum Gasteiger partial charge on any atom is 0.256 e. The third kappa shape index (κ3) is 3.37. The molecule has 0 aliphatic carbocycles. The highest BCUT2D eigenvalue weighted by atomic mass is 79.9. The van der Waals surface area contributed by atoms with Crippen LogP contribution in [0.5, 0.6) is 0 Å². The largest absolute Gasteiger partial charge is 0.342 e. The van der Waals surface area contributed by atoms with Gasteiger partial charge in [-0.2, -0.15) is 0 Å². The number of benzene rings is 2. The van der Waals surface area contributed by atoms with Gasteiger partial charge in [-0.05, 0) is 30.3 Å². The van der Waals surface area contributed by atoms with Crippen molar-refractivity contribution in [3.63, 3.8) is 0 Å². The molecule has 2 aromatic carbocycles. The summed E-state index contributed by atoms with van der Waals surface area (Å²) in [5.74, 6) is -0.465. The molecule has 1 heterocycles. The van der Waals surface area contributed by atoms with Crippen LogP contribution in [0.15, 0.2) is 65.4 Å². The van der Waals surface area contributed by atoms with Gasteiger partial charge in [0.15, 0.2) is 5.82 Å². The summed E-state index contributed by atoms with van der Waals surface area (Å²) in [4.78, 5) is 31.6. The van der Waals surface area contributed by atoms with Crippen LogP contribution in [-0.2, 0) is 0 Å². The fourth-order valence-corrected chi connectivity index (χ4v) is 2.39. The molecule has 0 radical (unpaired) electrons. The van der Waals surface area contributed by atoms with E-state index in [-0.39, 0.29) is 17.5 Å². The van der Waals surface area contributed by atoms with Gasteiger partial charge in [0.25, 0.3) is 5.91 Å². The minimum atomic E-state index is -0.345. The lowest BCUT2D eigenvalue weighted by Crippen LogP contribution is -2.17. The molecule has 0 saturated heterocycles. The van der Waals surface area contributed by atoms with Crippen molar-refractivity contribution < 1.29 is 9.59 Å². The quantitative estimate of drug-likeness (QED) is 0.689. The standard InChI is InChI=1S/C17H12BrN3O2/c18-11-5-7-12(8-6-11)21-17(23)14-4-2-1-3-13(14)15(22)16-19-9-10-20-16/h1-10H,(H,19,20)(H,21,23). The van der Waals surface area contributed by atoms with E-state index in [1.54, 1.807) is 42.6 Å². The first-order valence-electron chi connectivity index (χ1n) is 6.85. The van der Waals surface area contributed by atoms with Gasteiger partial charge >= 0.3 is 0 Å². The Morgan fingerprint density at radius 3 is 2.35 bits per heavy atom. The maximum atomic E-state index is 12.5. The minimum Gasteiger partial charge on any atom is -0.342 e. The molecule has 5 nitrogen and oxygen atoms in total. The number of H-pyrrole nitrogens is 1. The van der Waals surface area contributed by atoms with Crippen molar-refractivity contribution in [2.45, 2.75) is 0 Å². The number of carbonyl (C=O) groups excluding carboxylic acids is 2. The van der Waals surface area contributed by atoms with Gasteiger partial charge < -0.3 is 10.3 Å². The Hall–Kier alpha value is -2.73. The number of hydrogen-bond donors (Lipinski definition) is 2. The normalized spacial score (nSPS) is 10.3. The third-order valence-corrected chi connectivity index (χ3v) is 3.76. The highest BCUT2D eigenvalue weighted by Crippen LogP contribution is 2.17. The van der Waals surface area contributed by atoms with Crippen LogP contribution in [0.4, 0.5) is 5.69 Å². The van der Waals surface area contributed by atoms with Gasteiger partial charge in [-0.3, -0.25) is 9.59 Å². The molecule has 3 aromatic rings. The third-order valence-electron chi connectivity index (χ3n) is 3.23. The van der Waals surface area contributed by atoms with E-state index >= 15 is 0 Å². The average Bonchev–Trinajstić information content (AvgIpc) is 3.11. The molecule has 0 atom stereocenters. The summed E-state index contributed by atoms with van der Waals surface area (Å²) in [6.45, 7) is 0. The Bertz CT molecular complexity index is 843. The number of halogens is 1. The summed E-state index contributed by atoms with van der Waals surface area (Å²) in [7, 11) is 0. The van der Waals surface area contributed by atoms with Crippen molar-refractivity contribution >= 4 is 33.3 Å². The van der Waals surface area contributed by atoms with E-state index in [0.717, 1.165) is 4.47 Å². The van der Waals surface area contributed by atoms with Gasteiger partial charge in [-0.25, -0.2) is 4.98 Å². The first-order valence-corrected chi connectivity index (χ1v) is 7.64. The summed E-state index contributed by atoms with van der Waals surface area (Å²) in [6, 6.07) is 13.9.